The lowest BCUT2D eigenvalue weighted by atomic mass is 10.2. The van der Waals surface area contributed by atoms with Gasteiger partial charge in [-0.05, 0) is 6.58 Å². The van der Waals surface area contributed by atoms with Crippen LogP contribution in [0, 0.1) is 0 Å². The zero-order valence-electron chi connectivity index (χ0n) is 7.53. The molecule has 0 unspecified atom stereocenters. The van der Waals surface area contributed by atoms with Crippen LogP contribution in [0.5, 0.6) is 0 Å². The van der Waals surface area contributed by atoms with E-state index >= 15 is 0 Å². The highest BCUT2D eigenvalue weighted by Crippen LogP contribution is 2.26. The lowest BCUT2D eigenvalue weighted by Gasteiger charge is -2.05. The minimum absolute atomic E-state index is 0.666. The van der Waals surface area contributed by atoms with Crippen LogP contribution in [0.1, 0.15) is 5.56 Å². The van der Waals surface area contributed by atoms with Crippen LogP contribution in [0.2, 0.25) is 0 Å². The molecule has 0 atom stereocenters. The molecule has 2 heteroatoms. The van der Waals surface area contributed by atoms with Crippen molar-refractivity contribution < 1.29 is 4.74 Å². The van der Waals surface area contributed by atoms with Gasteiger partial charge in [0.05, 0.1) is 6.20 Å². The fourth-order valence-corrected chi connectivity index (χ4v) is 1.21. The highest BCUT2D eigenvalue weighted by atomic mass is 16.5. The number of ether oxygens (including phenoxy) is 1. The first kappa shape index (κ1) is 7.92. The van der Waals surface area contributed by atoms with Gasteiger partial charge in [-0.25, -0.2) is 0 Å². The molecule has 0 aliphatic carbocycles. The molecule has 1 aromatic carbocycles. The second-order valence-corrected chi connectivity index (χ2v) is 2.97. The van der Waals surface area contributed by atoms with E-state index in [1.807, 2.05) is 48.5 Å². The van der Waals surface area contributed by atoms with Crippen LogP contribution >= 0.6 is 0 Å². The maximum atomic E-state index is 5.45. The van der Waals surface area contributed by atoms with E-state index in [1.54, 1.807) is 0 Å². The Morgan fingerprint density at radius 3 is 2.46 bits per heavy atom. The van der Waals surface area contributed by atoms with Gasteiger partial charge in [0.15, 0.2) is 11.6 Å². The Balaban J connectivity index is 2.30. The van der Waals surface area contributed by atoms with Gasteiger partial charge in [0.1, 0.15) is 0 Å². The molecule has 1 aliphatic rings. The predicted molar refractivity (Wildman–Crippen MR) is 52.4 cm³/mol. The third kappa shape index (κ3) is 1.43. The van der Waals surface area contributed by atoms with Crippen LogP contribution in [-0.4, -0.2) is 11.9 Å². The molecular weight excluding hydrogens is 162 g/mol. The number of benzene rings is 1. The van der Waals surface area contributed by atoms with Crippen LogP contribution in [0.25, 0.3) is 5.76 Å². The summed E-state index contributed by atoms with van der Waals surface area (Å²) in [6.07, 6.45) is 1.93. The summed E-state index contributed by atoms with van der Waals surface area (Å²) in [6.45, 7) is 3.76. The molecule has 0 spiro atoms. The third-order valence-corrected chi connectivity index (χ3v) is 1.99. The molecule has 1 aliphatic heterocycles. The number of hydrogen-bond donors (Lipinski definition) is 0. The van der Waals surface area contributed by atoms with Crippen molar-refractivity contribution in [2.24, 2.45) is 0 Å². The Bertz CT molecular complexity index is 354. The second kappa shape index (κ2) is 2.98. The Morgan fingerprint density at radius 2 is 1.92 bits per heavy atom. The Morgan fingerprint density at radius 1 is 1.23 bits per heavy atom. The van der Waals surface area contributed by atoms with Gasteiger partial charge in [0.2, 0.25) is 0 Å². The summed E-state index contributed by atoms with van der Waals surface area (Å²) in [5.74, 6) is 1.52. The molecule has 0 bridgehead atoms. The van der Waals surface area contributed by atoms with Crippen molar-refractivity contribution in [3.05, 3.63) is 54.6 Å². The van der Waals surface area contributed by atoms with E-state index in [9.17, 15) is 0 Å². The molecule has 1 aromatic rings. The second-order valence-electron chi connectivity index (χ2n) is 2.97. The normalized spacial score (nSPS) is 15.6. The first-order valence-electron chi connectivity index (χ1n) is 4.14. The molecule has 0 N–H and O–H groups in total. The summed E-state index contributed by atoms with van der Waals surface area (Å²) in [5.41, 5.74) is 1.08. The summed E-state index contributed by atoms with van der Waals surface area (Å²) < 4.78 is 5.45. The third-order valence-electron chi connectivity index (χ3n) is 1.99. The molecule has 0 saturated carbocycles. The maximum absolute atomic E-state index is 5.45. The lowest BCUT2D eigenvalue weighted by Crippen LogP contribution is -2.02. The fraction of sp³-hybridized carbons (Fsp3) is 0.0909. The van der Waals surface area contributed by atoms with E-state index in [-0.39, 0.29) is 0 Å². The smallest absolute Gasteiger partial charge is 0.192 e. The molecule has 2 nitrogen and oxygen atoms in total. The van der Waals surface area contributed by atoms with Crippen LogP contribution in [0.15, 0.2) is 49.0 Å². The minimum atomic E-state index is 0.666. The summed E-state index contributed by atoms with van der Waals surface area (Å²) in [7, 11) is 1.91. The molecule has 13 heavy (non-hydrogen) atoms. The first-order valence-corrected chi connectivity index (χ1v) is 4.14. The largest absolute Gasteiger partial charge is 0.439 e. The molecular formula is C11H11NO. The molecule has 0 saturated heterocycles. The minimum Gasteiger partial charge on any atom is -0.439 e. The number of rotatable bonds is 1. The van der Waals surface area contributed by atoms with Crippen molar-refractivity contribution in [1.29, 1.82) is 0 Å². The fourth-order valence-electron chi connectivity index (χ4n) is 1.21. The van der Waals surface area contributed by atoms with Gasteiger partial charge >= 0.3 is 0 Å². The quantitative estimate of drug-likeness (QED) is 0.646. The number of hydrogen-bond acceptors (Lipinski definition) is 2. The van der Waals surface area contributed by atoms with Crippen molar-refractivity contribution in [2.75, 3.05) is 7.05 Å². The van der Waals surface area contributed by atoms with Crippen molar-refractivity contribution in [3.63, 3.8) is 0 Å². The Labute approximate surface area is 77.7 Å². The van der Waals surface area contributed by atoms with Crippen molar-refractivity contribution in [3.8, 4) is 0 Å². The summed E-state index contributed by atoms with van der Waals surface area (Å²) in [5, 5.41) is 0. The van der Waals surface area contributed by atoms with E-state index in [0.717, 1.165) is 11.3 Å². The topological polar surface area (TPSA) is 12.5 Å². The van der Waals surface area contributed by atoms with Crippen molar-refractivity contribution in [1.82, 2.24) is 4.90 Å². The molecule has 0 aromatic heterocycles. The van der Waals surface area contributed by atoms with Gasteiger partial charge in [-0.15, -0.1) is 0 Å². The van der Waals surface area contributed by atoms with Gasteiger partial charge in [0.25, 0.3) is 0 Å². The van der Waals surface area contributed by atoms with Crippen LogP contribution in [-0.2, 0) is 4.74 Å². The molecule has 0 fully saturated rings. The van der Waals surface area contributed by atoms with Crippen molar-refractivity contribution in [2.45, 2.75) is 0 Å². The van der Waals surface area contributed by atoms with Gasteiger partial charge in [-0.3, -0.25) is 0 Å². The molecule has 2 rings (SSSR count). The van der Waals surface area contributed by atoms with Gasteiger partial charge in [0, 0.05) is 12.6 Å². The highest BCUT2D eigenvalue weighted by molar-refractivity contribution is 5.62. The van der Waals surface area contributed by atoms with Gasteiger partial charge < -0.3 is 9.64 Å². The number of nitrogens with zero attached hydrogens (tertiary/aromatic N) is 1. The monoisotopic (exact) mass is 173 g/mol. The zero-order valence-corrected chi connectivity index (χ0v) is 7.53. The average molecular weight is 173 g/mol. The van der Waals surface area contributed by atoms with E-state index in [0.29, 0.717) is 5.88 Å². The van der Waals surface area contributed by atoms with E-state index in [1.165, 1.54) is 0 Å². The lowest BCUT2D eigenvalue weighted by molar-refractivity contribution is 0.315. The highest BCUT2D eigenvalue weighted by Gasteiger charge is 2.15. The SMILES string of the molecule is C=C1OC(c2ccccc2)=CN1C. The Kier molecular flexibility index (Phi) is 1.81. The van der Waals surface area contributed by atoms with Gasteiger partial charge in [-0.1, -0.05) is 30.3 Å². The van der Waals surface area contributed by atoms with E-state index in [4.69, 9.17) is 4.74 Å². The standard InChI is InChI=1S/C11H11NO/c1-9-12(2)8-11(13-9)10-6-4-3-5-7-10/h3-8H,1H2,2H3. The van der Waals surface area contributed by atoms with Crippen LogP contribution in [0.4, 0.5) is 0 Å². The van der Waals surface area contributed by atoms with Gasteiger partial charge in [-0.2, -0.15) is 0 Å². The predicted octanol–water partition coefficient (Wildman–Crippen LogP) is 2.42. The molecule has 66 valence electrons. The Hall–Kier alpha value is -1.70. The molecule has 0 amide bonds. The summed E-state index contributed by atoms with van der Waals surface area (Å²) in [6, 6.07) is 9.98. The van der Waals surface area contributed by atoms with Crippen LogP contribution < -0.4 is 0 Å². The first-order chi connectivity index (χ1) is 6.27. The summed E-state index contributed by atoms with van der Waals surface area (Å²) >= 11 is 0. The van der Waals surface area contributed by atoms with Crippen molar-refractivity contribution >= 4 is 5.76 Å². The molecule has 1 heterocycles. The summed E-state index contributed by atoms with van der Waals surface area (Å²) in [4.78, 5) is 1.86. The molecule has 0 radical (unpaired) electrons. The maximum Gasteiger partial charge on any atom is 0.192 e. The average Bonchev–Trinajstić information content (AvgIpc) is 2.49. The van der Waals surface area contributed by atoms with E-state index < -0.39 is 0 Å². The zero-order chi connectivity index (χ0) is 9.26. The van der Waals surface area contributed by atoms with E-state index in [2.05, 4.69) is 6.58 Å². The van der Waals surface area contributed by atoms with Crippen LogP contribution in [0.3, 0.4) is 0 Å².